The molecule has 0 aliphatic carbocycles. The van der Waals surface area contributed by atoms with Crippen LogP contribution in [-0.4, -0.2) is 69.5 Å². The summed E-state index contributed by atoms with van der Waals surface area (Å²) in [6.07, 6.45) is -3.66. The van der Waals surface area contributed by atoms with E-state index >= 15 is 0 Å². The molecule has 2 atom stereocenters. The topological polar surface area (TPSA) is 58.1 Å². The Morgan fingerprint density at radius 2 is 2.07 bits per heavy atom. The molecule has 0 bridgehead atoms. The van der Waals surface area contributed by atoms with Gasteiger partial charge in [-0.25, -0.2) is 0 Å². The smallest absolute Gasteiger partial charge is 0.401 e. The standard InChI is InChI=1S/C18H27F3N4O2.HI/c1-13(27-16-6-4-5-15(9-16)26-3)10-23-17(22-2)24-14-7-8-25(11-14)12-18(19,20)21;/h4-6,9,13-14H,7-8,10-12H2,1-3H3,(H2,22,23,24);1H. The Kier molecular flexibility index (Phi) is 10.1. The molecule has 0 radical (unpaired) electrons. The number of rotatable bonds is 7. The minimum atomic E-state index is -4.16. The number of hydrogen-bond acceptors (Lipinski definition) is 4. The summed E-state index contributed by atoms with van der Waals surface area (Å²) in [7, 11) is 3.23. The average Bonchev–Trinajstić information content (AvgIpc) is 3.03. The minimum Gasteiger partial charge on any atom is -0.497 e. The quantitative estimate of drug-likeness (QED) is 0.332. The van der Waals surface area contributed by atoms with Crippen molar-refractivity contribution in [2.24, 2.45) is 4.99 Å². The second-order valence-electron chi connectivity index (χ2n) is 6.54. The van der Waals surface area contributed by atoms with Crippen molar-refractivity contribution in [2.45, 2.75) is 31.7 Å². The van der Waals surface area contributed by atoms with E-state index in [1.165, 1.54) is 4.90 Å². The summed E-state index contributed by atoms with van der Waals surface area (Å²) in [4.78, 5) is 5.54. The normalized spacial score (nSPS) is 18.9. The molecule has 0 aromatic heterocycles. The van der Waals surface area contributed by atoms with Gasteiger partial charge in [-0.3, -0.25) is 9.89 Å². The lowest BCUT2D eigenvalue weighted by atomic mass is 10.3. The third kappa shape index (κ3) is 8.72. The zero-order valence-electron chi connectivity index (χ0n) is 16.3. The molecule has 2 rings (SSSR count). The third-order valence-electron chi connectivity index (χ3n) is 4.18. The van der Waals surface area contributed by atoms with Crippen LogP contribution in [0.4, 0.5) is 13.2 Å². The van der Waals surface area contributed by atoms with Crippen molar-refractivity contribution in [3.05, 3.63) is 24.3 Å². The third-order valence-corrected chi connectivity index (χ3v) is 4.18. The van der Waals surface area contributed by atoms with E-state index in [4.69, 9.17) is 9.47 Å². The number of halogens is 4. The molecule has 2 N–H and O–H groups in total. The van der Waals surface area contributed by atoms with Crippen molar-refractivity contribution >= 4 is 29.9 Å². The van der Waals surface area contributed by atoms with Gasteiger partial charge in [-0.15, -0.1) is 24.0 Å². The van der Waals surface area contributed by atoms with E-state index in [0.29, 0.717) is 37.8 Å². The van der Waals surface area contributed by atoms with Gasteiger partial charge in [0, 0.05) is 32.2 Å². The molecule has 1 saturated heterocycles. The second-order valence-corrected chi connectivity index (χ2v) is 6.54. The Balaban J connectivity index is 0.00000392. The molecule has 1 aromatic rings. The highest BCUT2D eigenvalue weighted by Crippen LogP contribution is 2.20. The van der Waals surface area contributed by atoms with Gasteiger partial charge in [0.2, 0.25) is 0 Å². The van der Waals surface area contributed by atoms with Crippen LogP contribution in [-0.2, 0) is 0 Å². The molecule has 2 unspecified atom stereocenters. The summed E-state index contributed by atoms with van der Waals surface area (Å²) in [6, 6.07) is 7.28. The molecule has 160 valence electrons. The molecule has 10 heteroatoms. The van der Waals surface area contributed by atoms with Crippen molar-refractivity contribution in [3.63, 3.8) is 0 Å². The summed E-state index contributed by atoms with van der Waals surface area (Å²) >= 11 is 0. The van der Waals surface area contributed by atoms with Crippen LogP contribution in [0, 0.1) is 0 Å². The highest BCUT2D eigenvalue weighted by molar-refractivity contribution is 14.0. The Morgan fingerprint density at radius 3 is 2.71 bits per heavy atom. The average molecular weight is 516 g/mol. The molecule has 0 amide bonds. The zero-order chi connectivity index (χ0) is 19.9. The number of hydrogen-bond donors (Lipinski definition) is 2. The van der Waals surface area contributed by atoms with E-state index in [1.54, 1.807) is 20.2 Å². The fourth-order valence-corrected chi connectivity index (χ4v) is 2.92. The van der Waals surface area contributed by atoms with Crippen molar-refractivity contribution in [1.29, 1.82) is 0 Å². The number of nitrogens with zero attached hydrogens (tertiary/aromatic N) is 2. The first-order valence-corrected chi connectivity index (χ1v) is 8.86. The van der Waals surface area contributed by atoms with E-state index in [9.17, 15) is 13.2 Å². The van der Waals surface area contributed by atoms with Crippen LogP contribution in [0.1, 0.15) is 13.3 Å². The van der Waals surface area contributed by atoms with Crippen molar-refractivity contribution in [3.8, 4) is 11.5 Å². The number of benzene rings is 1. The summed E-state index contributed by atoms with van der Waals surface area (Å²) < 4.78 is 48.4. The van der Waals surface area contributed by atoms with Crippen molar-refractivity contribution < 1.29 is 22.6 Å². The summed E-state index contributed by atoms with van der Waals surface area (Å²) in [5, 5.41) is 6.32. The van der Waals surface area contributed by atoms with Gasteiger partial charge in [-0.2, -0.15) is 13.2 Å². The molecular weight excluding hydrogens is 488 g/mol. The molecule has 1 aliphatic rings. The Hall–Kier alpha value is -1.43. The van der Waals surface area contributed by atoms with Crippen LogP contribution in [0.25, 0.3) is 0 Å². The predicted octanol–water partition coefficient (Wildman–Crippen LogP) is 2.88. The van der Waals surface area contributed by atoms with Gasteiger partial charge in [0.15, 0.2) is 5.96 Å². The lowest BCUT2D eigenvalue weighted by Crippen LogP contribution is -2.47. The number of ether oxygens (including phenoxy) is 2. The van der Waals surface area contributed by atoms with Crippen LogP contribution in [0.15, 0.2) is 29.3 Å². The Morgan fingerprint density at radius 1 is 1.36 bits per heavy atom. The van der Waals surface area contributed by atoms with Crippen LogP contribution in [0.2, 0.25) is 0 Å². The number of nitrogens with one attached hydrogen (secondary N) is 2. The van der Waals surface area contributed by atoms with Crippen molar-refractivity contribution in [1.82, 2.24) is 15.5 Å². The summed E-state index contributed by atoms with van der Waals surface area (Å²) in [5.41, 5.74) is 0. The minimum absolute atomic E-state index is 0. The van der Waals surface area contributed by atoms with Crippen LogP contribution >= 0.6 is 24.0 Å². The van der Waals surface area contributed by atoms with Crippen LogP contribution < -0.4 is 20.1 Å². The maximum Gasteiger partial charge on any atom is 0.401 e. The highest BCUT2D eigenvalue weighted by atomic mass is 127. The van der Waals surface area contributed by atoms with Crippen molar-refractivity contribution in [2.75, 3.05) is 40.3 Å². The fraction of sp³-hybridized carbons (Fsp3) is 0.611. The largest absolute Gasteiger partial charge is 0.497 e. The number of alkyl halides is 3. The predicted molar refractivity (Wildman–Crippen MR) is 114 cm³/mol. The molecule has 0 spiro atoms. The van der Waals surface area contributed by atoms with Gasteiger partial charge in [-0.05, 0) is 25.5 Å². The maximum absolute atomic E-state index is 12.5. The van der Waals surface area contributed by atoms with Gasteiger partial charge in [0.25, 0.3) is 0 Å². The van der Waals surface area contributed by atoms with Gasteiger partial charge in [0.1, 0.15) is 17.6 Å². The zero-order valence-corrected chi connectivity index (χ0v) is 18.6. The first-order chi connectivity index (χ1) is 12.8. The molecule has 1 fully saturated rings. The van der Waals surface area contributed by atoms with Gasteiger partial charge < -0.3 is 20.1 Å². The fourth-order valence-electron chi connectivity index (χ4n) is 2.92. The van der Waals surface area contributed by atoms with E-state index in [-0.39, 0.29) is 36.1 Å². The molecule has 1 aliphatic heterocycles. The van der Waals surface area contributed by atoms with E-state index in [1.807, 2.05) is 25.1 Å². The van der Waals surface area contributed by atoms with Gasteiger partial charge >= 0.3 is 6.18 Å². The monoisotopic (exact) mass is 516 g/mol. The van der Waals surface area contributed by atoms with Crippen LogP contribution in [0.3, 0.4) is 0 Å². The number of guanidine groups is 1. The van der Waals surface area contributed by atoms with Gasteiger partial charge in [0.05, 0.1) is 20.2 Å². The Labute approximate surface area is 180 Å². The van der Waals surface area contributed by atoms with Gasteiger partial charge in [-0.1, -0.05) is 6.07 Å². The number of likely N-dealkylation sites (tertiary alicyclic amines) is 1. The Bertz CT molecular complexity index is 631. The van der Waals surface area contributed by atoms with E-state index in [0.717, 1.165) is 5.75 Å². The van der Waals surface area contributed by atoms with Crippen LogP contribution in [0.5, 0.6) is 11.5 Å². The first kappa shape index (κ1) is 24.6. The second kappa shape index (κ2) is 11.5. The molecule has 6 nitrogen and oxygen atoms in total. The molecule has 1 heterocycles. The molecular formula is C18H28F3IN4O2. The summed E-state index contributed by atoms with van der Waals surface area (Å²) in [6.45, 7) is 2.30. The number of aliphatic imine (C=N–C) groups is 1. The number of methoxy groups -OCH3 is 1. The van der Waals surface area contributed by atoms with E-state index in [2.05, 4.69) is 15.6 Å². The molecule has 0 saturated carbocycles. The molecule has 1 aromatic carbocycles. The van der Waals surface area contributed by atoms with E-state index < -0.39 is 12.7 Å². The first-order valence-electron chi connectivity index (χ1n) is 8.86. The highest BCUT2D eigenvalue weighted by Gasteiger charge is 2.34. The maximum atomic E-state index is 12.5. The lowest BCUT2D eigenvalue weighted by molar-refractivity contribution is -0.143. The summed E-state index contributed by atoms with van der Waals surface area (Å²) in [5.74, 6) is 1.97. The SMILES string of the molecule is CN=C(NCC(C)Oc1cccc(OC)c1)NC1CCN(CC(F)(F)F)C1.I. The molecule has 28 heavy (non-hydrogen) atoms. The lowest BCUT2D eigenvalue weighted by Gasteiger charge is -2.21.